The van der Waals surface area contributed by atoms with Crippen LogP contribution in [0, 0.1) is 11.3 Å². The number of ether oxygens (including phenoxy) is 2. The maximum atomic E-state index is 11.9. The Morgan fingerprint density at radius 3 is 2.48 bits per heavy atom. The number of carbonyl (C=O) groups is 2. The number of hydrogen-bond donors (Lipinski definition) is 2. The normalized spacial score (nSPS) is 9.64. The van der Waals surface area contributed by atoms with Crippen LogP contribution < -0.4 is 20.1 Å². The summed E-state index contributed by atoms with van der Waals surface area (Å²) in [5.41, 5.74) is 1.53. The van der Waals surface area contributed by atoms with E-state index in [-0.39, 0.29) is 6.54 Å². The highest BCUT2D eigenvalue weighted by atomic mass is 16.5. The van der Waals surface area contributed by atoms with Crippen LogP contribution >= 0.6 is 0 Å². The van der Waals surface area contributed by atoms with Crippen molar-refractivity contribution < 1.29 is 19.1 Å². The summed E-state index contributed by atoms with van der Waals surface area (Å²) >= 11 is 0. The molecule has 0 unspecified atom stereocenters. The van der Waals surface area contributed by atoms with Gasteiger partial charge in [-0.05, 0) is 35.9 Å². The summed E-state index contributed by atoms with van der Waals surface area (Å²) in [7, 11) is 3.05. The molecule has 7 heteroatoms. The van der Waals surface area contributed by atoms with Gasteiger partial charge in [0.15, 0.2) is 11.5 Å². The molecule has 0 spiro atoms. The highest BCUT2D eigenvalue weighted by Crippen LogP contribution is 2.27. The minimum absolute atomic E-state index is 0.158. The lowest BCUT2D eigenvalue weighted by Crippen LogP contribution is -2.34. The number of carbonyl (C=O) groups excluding carboxylic acids is 2. The van der Waals surface area contributed by atoms with Crippen LogP contribution in [0.15, 0.2) is 42.5 Å². The zero-order chi connectivity index (χ0) is 18.2. The molecule has 0 aliphatic rings. The molecule has 0 radical (unpaired) electrons. The van der Waals surface area contributed by atoms with Crippen LogP contribution in [-0.4, -0.2) is 26.0 Å². The zero-order valence-electron chi connectivity index (χ0n) is 13.8. The minimum atomic E-state index is -0.810. The van der Waals surface area contributed by atoms with E-state index >= 15 is 0 Å². The van der Waals surface area contributed by atoms with E-state index in [1.807, 2.05) is 6.07 Å². The topological polar surface area (TPSA) is 100 Å². The van der Waals surface area contributed by atoms with Gasteiger partial charge in [-0.2, -0.15) is 5.26 Å². The molecule has 7 nitrogen and oxygen atoms in total. The summed E-state index contributed by atoms with van der Waals surface area (Å²) in [5, 5.41) is 13.8. The molecule has 0 heterocycles. The molecule has 0 bridgehead atoms. The quantitative estimate of drug-likeness (QED) is 0.810. The Morgan fingerprint density at radius 2 is 1.80 bits per heavy atom. The number of benzene rings is 2. The van der Waals surface area contributed by atoms with Crippen molar-refractivity contribution in [3.63, 3.8) is 0 Å². The molecule has 2 rings (SSSR count). The molecule has 0 atom stereocenters. The maximum absolute atomic E-state index is 11.9. The third kappa shape index (κ3) is 4.72. The molecule has 2 amide bonds. The highest BCUT2D eigenvalue weighted by Gasteiger charge is 2.14. The van der Waals surface area contributed by atoms with E-state index in [2.05, 4.69) is 10.6 Å². The van der Waals surface area contributed by atoms with Gasteiger partial charge in [0, 0.05) is 12.2 Å². The standard InChI is InChI=1S/C18H17N3O4/c1-24-15-7-6-13(9-16(15)25-2)11-20-17(22)18(23)21-14-5-3-4-12(8-14)10-19/h3-9H,11H2,1-2H3,(H,20,22)(H,21,23). The molecule has 0 aliphatic carbocycles. The van der Waals surface area contributed by atoms with Crippen molar-refractivity contribution in [2.75, 3.05) is 19.5 Å². The van der Waals surface area contributed by atoms with Gasteiger partial charge < -0.3 is 20.1 Å². The first-order chi connectivity index (χ1) is 12.1. The van der Waals surface area contributed by atoms with Crippen molar-refractivity contribution in [3.05, 3.63) is 53.6 Å². The number of amides is 2. The molecule has 25 heavy (non-hydrogen) atoms. The predicted octanol–water partition coefficient (Wildman–Crippen LogP) is 1.83. The third-order valence-electron chi connectivity index (χ3n) is 3.36. The van der Waals surface area contributed by atoms with Gasteiger partial charge in [-0.15, -0.1) is 0 Å². The number of methoxy groups -OCH3 is 2. The molecule has 2 aromatic carbocycles. The van der Waals surface area contributed by atoms with Gasteiger partial charge in [-0.1, -0.05) is 12.1 Å². The van der Waals surface area contributed by atoms with E-state index in [1.165, 1.54) is 20.3 Å². The fourth-order valence-corrected chi connectivity index (χ4v) is 2.11. The second kappa shape index (κ2) is 8.36. The molecule has 0 saturated carbocycles. The van der Waals surface area contributed by atoms with Crippen LogP contribution in [0.2, 0.25) is 0 Å². The van der Waals surface area contributed by atoms with Crippen molar-refractivity contribution in [2.24, 2.45) is 0 Å². The summed E-state index contributed by atoms with van der Waals surface area (Å²) in [6.45, 7) is 0.158. The Hall–Kier alpha value is -3.53. The van der Waals surface area contributed by atoms with Crippen molar-refractivity contribution >= 4 is 17.5 Å². The largest absolute Gasteiger partial charge is 0.493 e. The zero-order valence-corrected chi connectivity index (χ0v) is 13.8. The number of hydrogen-bond acceptors (Lipinski definition) is 5. The monoisotopic (exact) mass is 339 g/mol. The first-order valence-corrected chi connectivity index (χ1v) is 7.37. The van der Waals surface area contributed by atoms with Crippen molar-refractivity contribution in [1.29, 1.82) is 5.26 Å². The predicted molar refractivity (Wildman–Crippen MR) is 91.2 cm³/mol. The summed E-state index contributed by atoms with van der Waals surface area (Å²) in [6, 6.07) is 13.5. The van der Waals surface area contributed by atoms with Gasteiger partial charge in [0.05, 0.1) is 25.9 Å². The average molecular weight is 339 g/mol. The summed E-state index contributed by atoms with van der Waals surface area (Å²) in [6.07, 6.45) is 0. The molecule has 128 valence electrons. The van der Waals surface area contributed by atoms with Crippen LogP contribution in [0.4, 0.5) is 5.69 Å². The van der Waals surface area contributed by atoms with Gasteiger partial charge in [-0.3, -0.25) is 9.59 Å². The van der Waals surface area contributed by atoms with Gasteiger partial charge in [0.25, 0.3) is 0 Å². The van der Waals surface area contributed by atoms with E-state index in [9.17, 15) is 9.59 Å². The van der Waals surface area contributed by atoms with Gasteiger partial charge in [0.1, 0.15) is 0 Å². The number of nitriles is 1. The van der Waals surface area contributed by atoms with Gasteiger partial charge in [0.2, 0.25) is 0 Å². The molecular weight excluding hydrogens is 322 g/mol. The lowest BCUT2D eigenvalue weighted by Gasteiger charge is -2.10. The summed E-state index contributed by atoms with van der Waals surface area (Å²) in [4.78, 5) is 23.8. The van der Waals surface area contributed by atoms with Crippen LogP contribution in [0.5, 0.6) is 11.5 Å². The second-order valence-electron chi connectivity index (χ2n) is 5.02. The Bertz CT molecular complexity index is 827. The van der Waals surface area contributed by atoms with Gasteiger partial charge in [-0.25, -0.2) is 0 Å². The van der Waals surface area contributed by atoms with Crippen LogP contribution in [0.3, 0.4) is 0 Å². The molecule has 0 saturated heterocycles. The van der Waals surface area contributed by atoms with Crippen molar-refractivity contribution in [2.45, 2.75) is 6.54 Å². The number of rotatable bonds is 5. The summed E-state index contributed by atoms with van der Waals surface area (Å²) < 4.78 is 10.3. The van der Waals surface area contributed by atoms with Crippen LogP contribution in [0.1, 0.15) is 11.1 Å². The smallest absolute Gasteiger partial charge is 0.313 e. The van der Waals surface area contributed by atoms with E-state index < -0.39 is 11.8 Å². The van der Waals surface area contributed by atoms with Crippen LogP contribution in [0.25, 0.3) is 0 Å². The van der Waals surface area contributed by atoms with E-state index in [0.29, 0.717) is 22.7 Å². The van der Waals surface area contributed by atoms with Gasteiger partial charge >= 0.3 is 11.8 Å². The number of nitrogens with zero attached hydrogens (tertiary/aromatic N) is 1. The second-order valence-corrected chi connectivity index (χ2v) is 5.02. The molecule has 2 aromatic rings. The minimum Gasteiger partial charge on any atom is -0.493 e. The number of anilines is 1. The Labute approximate surface area is 145 Å². The van der Waals surface area contributed by atoms with E-state index in [1.54, 1.807) is 36.4 Å². The molecule has 0 fully saturated rings. The molecular formula is C18H17N3O4. The lowest BCUT2D eigenvalue weighted by molar-refractivity contribution is -0.136. The Kier molecular flexibility index (Phi) is 5.96. The van der Waals surface area contributed by atoms with E-state index in [0.717, 1.165) is 5.56 Å². The highest BCUT2D eigenvalue weighted by molar-refractivity contribution is 6.39. The molecule has 2 N–H and O–H groups in total. The lowest BCUT2D eigenvalue weighted by atomic mass is 10.2. The Balaban J connectivity index is 1.95. The fourth-order valence-electron chi connectivity index (χ4n) is 2.11. The number of nitrogens with one attached hydrogen (secondary N) is 2. The average Bonchev–Trinajstić information content (AvgIpc) is 2.65. The third-order valence-corrected chi connectivity index (χ3v) is 3.36. The maximum Gasteiger partial charge on any atom is 0.313 e. The summed E-state index contributed by atoms with van der Waals surface area (Å²) in [5.74, 6) is -0.479. The first kappa shape index (κ1) is 17.8. The SMILES string of the molecule is COc1ccc(CNC(=O)C(=O)Nc2cccc(C#N)c2)cc1OC. The Morgan fingerprint density at radius 1 is 1.04 bits per heavy atom. The molecule has 0 aromatic heterocycles. The van der Waals surface area contributed by atoms with Crippen molar-refractivity contribution in [1.82, 2.24) is 5.32 Å². The first-order valence-electron chi connectivity index (χ1n) is 7.37. The fraction of sp³-hybridized carbons (Fsp3) is 0.167. The van der Waals surface area contributed by atoms with Crippen LogP contribution in [-0.2, 0) is 16.1 Å². The van der Waals surface area contributed by atoms with E-state index in [4.69, 9.17) is 14.7 Å². The van der Waals surface area contributed by atoms with Crippen molar-refractivity contribution in [3.8, 4) is 17.6 Å². The molecule has 0 aliphatic heterocycles.